The molecule has 0 aliphatic heterocycles. The molecular weight excluding hydrogens is 432 g/mol. The quantitative estimate of drug-likeness (QED) is 0.382. The van der Waals surface area contributed by atoms with Crippen LogP contribution < -0.4 is 4.90 Å². The van der Waals surface area contributed by atoms with E-state index < -0.39 is 5.60 Å². The lowest BCUT2D eigenvalue weighted by atomic mass is 10.1. The first-order valence-electron chi connectivity index (χ1n) is 9.79. The fourth-order valence-electron chi connectivity index (χ4n) is 2.67. The molecule has 0 N–H and O–H groups in total. The number of carbonyl (C=O) groups excluding carboxylic acids is 1. The number of nitrogens with zero attached hydrogens (tertiary/aromatic N) is 2. The van der Waals surface area contributed by atoms with Gasteiger partial charge in [0.15, 0.2) is 0 Å². The summed E-state index contributed by atoms with van der Waals surface area (Å²) in [5.74, 6) is 6.83. The average Bonchev–Trinajstić information content (AvgIpc) is 3.34. The molecule has 0 radical (unpaired) electrons. The largest absolute Gasteiger partial charge is 0.443 e. The summed E-state index contributed by atoms with van der Waals surface area (Å²) in [5, 5.41) is 2.82. The zero-order valence-electron chi connectivity index (χ0n) is 18.1. The molecule has 0 fully saturated rings. The first kappa shape index (κ1) is 22.5. The van der Waals surface area contributed by atoms with Crippen LogP contribution in [0.2, 0.25) is 0 Å². The van der Waals surface area contributed by atoms with E-state index in [0.29, 0.717) is 6.54 Å². The first-order chi connectivity index (χ1) is 14.2. The van der Waals surface area contributed by atoms with Crippen LogP contribution in [0.4, 0.5) is 9.80 Å². The molecule has 0 unspecified atom stereocenters. The number of hydrogen-bond donors (Lipinski definition) is 0. The maximum atomic E-state index is 13.1. The van der Waals surface area contributed by atoms with Gasteiger partial charge in [-0.2, -0.15) is 4.37 Å². The van der Waals surface area contributed by atoms with Crippen molar-refractivity contribution in [2.75, 3.05) is 4.90 Å². The van der Waals surface area contributed by atoms with Crippen LogP contribution in [-0.2, 0) is 11.3 Å². The lowest BCUT2D eigenvalue weighted by molar-refractivity contribution is 0.0579. The Morgan fingerprint density at radius 2 is 2.13 bits per heavy atom. The maximum absolute atomic E-state index is 13.1. The van der Waals surface area contributed by atoms with Crippen LogP contribution in [0.1, 0.15) is 56.9 Å². The zero-order valence-corrected chi connectivity index (χ0v) is 20.6. The molecule has 7 heteroatoms. The summed E-state index contributed by atoms with van der Waals surface area (Å²) in [6, 6.07) is 4.02. The van der Waals surface area contributed by atoms with E-state index in [1.807, 2.05) is 51.3 Å². The minimum absolute atomic E-state index is 0.272. The third-order valence-corrected chi connectivity index (χ3v) is 6.90. The van der Waals surface area contributed by atoms with Gasteiger partial charge in [-0.3, -0.25) is 4.90 Å². The molecule has 0 aromatic carbocycles. The van der Waals surface area contributed by atoms with Gasteiger partial charge in [0.05, 0.1) is 16.8 Å². The van der Waals surface area contributed by atoms with Gasteiger partial charge < -0.3 is 4.74 Å². The van der Waals surface area contributed by atoms with Gasteiger partial charge in [-0.25, -0.2) is 4.79 Å². The molecule has 0 saturated carbocycles. The highest BCUT2D eigenvalue weighted by atomic mass is 32.1. The van der Waals surface area contributed by atoms with Crippen molar-refractivity contribution >= 4 is 61.6 Å². The number of fused-ring (bicyclic) bond motifs is 1. The summed E-state index contributed by atoms with van der Waals surface area (Å²) in [4.78, 5) is 17.0. The molecule has 0 aliphatic rings. The Balaban J connectivity index is 2.11. The summed E-state index contributed by atoms with van der Waals surface area (Å²) in [6.45, 7) is 12.2. The Morgan fingerprint density at radius 1 is 1.37 bits per heavy atom. The van der Waals surface area contributed by atoms with E-state index in [1.54, 1.807) is 27.6 Å². The van der Waals surface area contributed by atoms with Crippen molar-refractivity contribution in [1.82, 2.24) is 4.37 Å². The van der Waals surface area contributed by atoms with Gasteiger partial charge in [0.2, 0.25) is 0 Å². The lowest BCUT2D eigenvalue weighted by Gasteiger charge is -2.26. The topological polar surface area (TPSA) is 42.4 Å². The SMILES string of the molecule is C/C=C\c1sc2c(N(Cc3cccs3)C(=O)OC(C)(C)C)snc2c1C#CC(C)C. The Morgan fingerprint density at radius 3 is 2.73 bits per heavy atom. The van der Waals surface area contributed by atoms with Crippen molar-refractivity contribution < 1.29 is 9.53 Å². The number of amides is 1. The molecule has 4 nitrogen and oxygen atoms in total. The van der Waals surface area contributed by atoms with Gasteiger partial charge in [-0.1, -0.05) is 37.8 Å². The normalized spacial score (nSPS) is 11.8. The molecule has 3 rings (SSSR count). The average molecular weight is 459 g/mol. The van der Waals surface area contributed by atoms with E-state index in [-0.39, 0.29) is 12.0 Å². The van der Waals surface area contributed by atoms with Crippen LogP contribution in [-0.4, -0.2) is 16.1 Å². The van der Waals surface area contributed by atoms with E-state index in [1.165, 1.54) is 11.5 Å². The maximum Gasteiger partial charge on any atom is 0.415 e. The van der Waals surface area contributed by atoms with Crippen LogP contribution in [0.25, 0.3) is 16.3 Å². The van der Waals surface area contributed by atoms with E-state index in [4.69, 9.17) is 9.11 Å². The number of aromatic nitrogens is 1. The minimum Gasteiger partial charge on any atom is -0.443 e. The smallest absolute Gasteiger partial charge is 0.415 e. The summed E-state index contributed by atoms with van der Waals surface area (Å²) >= 11 is 4.57. The van der Waals surface area contributed by atoms with Crippen molar-refractivity contribution in [1.29, 1.82) is 0 Å². The fourth-order valence-corrected chi connectivity index (χ4v) is 5.56. The van der Waals surface area contributed by atoms with Crippen LogP contribution in [0.15, 0.2) is 23.6 Å². The molecule has 0 bridgehead atoms. The lowest BCUT2D eigenvalue weighted by Crippen LogP contribution is -2.36. The summed E-state index contributed by atoms with van der Waals surface area (Å²) in [6.07, 6.45) is 3.70. The standard InChI is InChI=1S/C23H26N2O2S3/c1-7-9-18-17(12-11-15(2)3)19-20(29-18)21(30-24-19)25(14-16-10-8-13-28-16)22(26)27-23(4,5)6/h7-10,13,15H,14H2,1-6H3/b9-7-. The number of allylic oxidation sites excluding steroid dienone is 1. The number of rotatable bonds is 4. The predicted molar refractivity (Wildman–Crippen MR) is 131 cm³/mol. The molecular formula is C23H26N2O2S3. The van der Waals surface area contributed by atoms with Crippen LogP contribution in [0.3, 0.4) is 0 Å². The monoisotopic (exact) mass is 458 g/mol. The number of anilines is 1. The van der Waals surface area contributed by atoms with Crippen molar-refractivity contribution in [3.63, 3.8) is 0 Å². The third kappa shape index (κ3) is 5.31. The highest BCUT2D eigenvalue weighted by Crippen LogP contribution is 2.42. The number of ether oxygens (including phenoxy) is 1. The Labute approximate surface area is 190 Å². The second-order valence-corrected chi connectivity index (χ2v) is 10.9. The molecule has 0 saturated heterocycles. The Hall–Kier alpha value is -2.14. The zero-order chi connectivity index (χ0) is 21.9. The predicted octanol–water partition coefficient (Wildman–Crippen LogP) is 7.40. The van der Waals surface area contributed by atoms with Crippen molar-refractivity contribution in [3.05, 3.63) is 38.9 Å². The molecule has 0 atom stereocenters. The molecule has 3 aromatic heterocycles. The first-order valence-corrected chi connectivity index (χ1v) is 12.3. The van der Waals surface area contributed by atoms with Gasteiger partial charge in [0, 0.05) is 15.7 Å². The summed E-state index contributed by atoms with van der Waals surface area (Å²) in [7, 11) is 0. The van der Waals surface area contributed by atoms with Crippen molar-refractivity contribution in [3.8, 4) is 11.8 Å². The van der Waals surface area contributed by atoms with Crippen LogP contribution in [0.5, 0.6) is 0 Å². The second kappa shape index (κ2) is 9.34. The third-order valence-electron chi connectivity index (χ3n) is 3.88. The fraction of sp³-hybridized carbons (Fsp3) is 0.391. The molecule has 1 amide bonds. The number of carbonyl (C=O) groups is 1. The minimum atomic E-state index is -0.575. The van der Waals surface area contributed by atoms with Crippen molar-refractivity contribution in [2.24, 2.45) is 5.92 Å². The van der Waals surface area contributed by atoms with E-state index in [9.17, 15) is 4.79 Å². The van der Waals surface area contributed by atoms with Gasteiger partial charge in [-0.05, 0) is 56.7 Å². The molecule has 0 aliphatic carbocycles. The van der Waals surface area contributed by atoms with E-state index >= 15 is 0 Å². The molecule has 3 aromatic rings. The molecule has 3 heterocycles. The Bertz CT molecular complexity index is 1100. The molecule has 158 valence electrons. The molecule has 0 spiro atoms. The van der Waals surface area contributed by atoms with Crippen LogP contribution in [0, 0.1) is 17.8 Å². The van der Waals surface area contributed by atoms with Crippen LogP contribution >= 0.6 is 34.2 Å². The van der Waals surface area contributed by atoms with Gasteiger partial charge in [0.25, 0.3) is 0 Å². The number of hydrogen-bond acceptors (Lipinski definition) is 6. The summed E-state index contributed by atoms with van der Waals surface area (Å²) in [5.41, 5.74) is 1.22. The van der Waals surface area contributed by atoms with E-state index in [2.05, 4.69) is 31.8 Å². The van der Waals surface area contributed by atoms with E-state index in [0.717, 1.165) is 30.5 Å². The van der Waals surface area contributed by atoms with Crippen molar-refractivity contribution in [2.45, 2.75) is 53.7 Å². The highest BCUT2D eigenvalue weighted by Gasteiger charge is 2.28. The second-order valence-electron chi connectivity index (χ2n) is 8.08. The van der Waals surface area contributed by atoms with Gasteiger partial charge in [0.1, 0.15) is 16.1 Å². The Kier molecular flexibility index (Phi) is 7.02. The summed E-state index contributed by atoms with van der Waals surface area (Å²) < 4.78 is 11.4. The number of thiophene rings is 2. The highest BCUT2D eigenvalue weighted by molar-refractivity contribution is 7.25. The molecule has 30 heavy (non-hydrogen) atoms. The van der Waals surface area contributed by atoms with Gasteiger partial charge in [-0.15, -0.1) is 22.7 Å². The van der Waals surface area contributed by atoms with Gasteiger partial charge >= 0.3 is 6.09 Å².